The average molecular weight is 288 g/mol. The normalized spacial score (nSPS) is 10.8. The third kappa shape index (κ3) is 2.76. The standard InChI is InChI=1S/C16H10F2O3/c17-12-6-5-11(8-13(12)18)20-9-14(19)16-7-10-3-1-2-4-15(10)21-16/h1-8H,9H2. The van der Waals surface area contributed by atoms with E-state index in [1.165, 1.54) is 6.07 Å². The fourth-order valence-corrected chi connectivity index (χ4v) is 1.91. The van der Waals surface area contributed by atoms with Crippen LogP contribution in [0.25, 0.3) is 11.0 Å². The number of ether oxygens (including phenoxy) is 1. The molecule has 5 heteroatoms. The molecule has 21 heavy (non-hydrogen) atoms. The van der Waals surface area contributed by atoms with Gasteiger partial charge in [0.15, 0.2) is 24.0 Å². The van der Waals surface area contributed by atoms with Crippen molar-refractivity contribution in [2.24, 2.45) is 0 Å². The summed E-state index contributed by atoms with van der Waals surface area (Å²) < 4.78 is 36.3. The van der Waals surface area contributed by atoms with Crippen LogP contribution in [-0.2, 0) is 0 Å². The number of Topliss-reactive ketones (excluding diaryl/α,β-unsaturated/α-hetero) is 1. The van der Waals surface area contributed by atoms with E-state index in [4.69, 9.17) is 9.15 Å². The van der Waals surface area contributed by atoms with Gasteiger partial charge in [-0.25, -0.2) is 8.78 Å². The molecule has 3 rings (SSSR count). The van der Waals surface area contributed by atoms with Gasteiger partial charge in [0.25, 0.3) is 0 Å². The largest absolute Gasteiger partial charge is 0.485 e. The molecule has 0 aliphatic carbocycles. The first kappa shape index (κ1) is 13.3. The van der Waals surface area contributed by atoms with Crippen LogP contribution in [0.1, 0.15) is 10.6 Å². The van der Waals surface area contributed by atoms with Gasteiger partial charge in [-0.3, -0.25) is 4.79 Å². The van der Waals surface area contributed by atoms with Gasteiger partial charge in [0.2, 0.25) is 5.78 Å². The second-order valence-corrected chi connectivity index (χ2v) is 4.44. The van der Waals surface area contributed by atoms with Gasteiger partial charge in [0.05, 0.1) is 0 Å². The first-order valence-electron chi connectivity index (χ1n) is 6.23. The van der Waals surface area contributed by atoms with E-state index in [0.29, 0.717) is 5.58 Å². The topological polar surface area (TPSA) is 39.4 Å². The van der Waals surface area contributed by atoms with Crippen LogP contribution in [0.15, 0.2) is 52.9 Å². The van der Waals surface area contributed by atoms with E-state index in [2.05, 4.69) is 0 Å². The van der Waals surface area contributed by atoms with Crippen LogP contribution < -0.4 is 4.74 Å². The summed E-state index contributed by atoms with van der Waals surface area (Å²) in [4.78, 5) is 12.0. The molecule has 1 aromatic heterocycles. The van der Waals surface area contributed by atoms with Crippen LogP contribution >= 0.6 is 0 Å². The molecule has 0 fully saturated rings. The second-order valence-electron chi connectivity index (χ2n) is 4.44. The van der Waals surface area contributed by atoms with E-state index >= 15 is 0 Å². The smallest absolute Gasteiger partial charge is 0.235 e. The number of carbonyl (C=O) groups is 1. The van der Waals surface area contributed by atoms with Crippen LogP contribution in [0, 0.1) is 11.6 Å². The molecule has 0 atom stereocenters. The summed E-state index contributed by atoms with van der Waals surface area (Å²) in [7, 11) is 0. The lowest BCUT2D eigenvalue weighted by Crippen LogP contribution is -2.10. The molecule has 1 heterocycles. The van der Waals surface area contributed by atoms with Crippen LogP contribution in [0.3, 0.4) is 0 Å². The molecule has 0 amide bonds. The highest BCUT2D eigenvalue weighted by Gasteiger charge is 2.13. The van der Waals surface area contributed by atoms with Crippen molar-refractivity contribution >= 4 is 16.8 Å². The number of halogens is 2. The molecule has 0 saturated carbocycles. The highest BCUT2D eigenvalue weighted by molar-refractivity contribution is 5.98. The van der Waals surface area contributed by atoms with Crippen molar-refractivity contribution in [3.63, 3.8) is 0 Å². The van der Waals surface area contributed by atoms with E-state index in [9.17, 15) is 13.6 Å². The fourth-order valence-electron chi connectivity index (χ4n) is 1.91. The third-order valence-corrected chi connectivity index (χ3v) is 2.96. The minimum atomic E-state index is -1.02. The SMILES string of the molecule is O=C(COc1ccc(F)c(F)c1)c1cc2ccccc2o1. The maximum absolute atomic E-state index is 13.0. The van der Waals surface area contributed by atoms with E-state index in [-0.39, 0.29) is 23.9 Å². The molecule has 3 aromatic rings. The van der Waals surface area contributed by atoms with E-state index in [1.807, 2.05) is 12.1 Å². The number of ketones is 1. The molecule has 0 radical (unpaired) electrons. The van der Waals surface area contributed by atoms with Crippen molar-refractivity contribution in [2.75, 3.05) is 6.61 Å². The zero-order valence-electron chi connectivity index (χ0n) is 10.8. The van der Waals surface area contributed by atoms with Gasteiger partial charge in [-0.15, -0.1) is 0 Å². The molecule has 0 aliphatic heterocycles. The fraction of sp³-hybridized carbons (Fsp3) is 0.0625. The van der Waals surface area contributed by atoms with Crippen molar-refractivity contribution in [3.05, 3.63) is 65.9 Å². The van der Waals surface area contributed by atoms with Gasteiger partial charge in [-0.05, 0) is 24.3 Å². The monoisotopic (exact) mass is 288 g/mol. The van der Waals surface area contributed by atoms with Gasteiger partial charge in [-0.1, -0.05) is 18.2 Å². The molecule has 2 aromatic carbocycles. The third-order valence-electron chi connectivity index (χ3n) is 2.96. The Kier molecular flexibility index (Phi) is 3.39. The van der Waals surface area contributed by atoms with Crippen LogP contribution in [0.5, 0.6) is 5.75 Å². The zero-order valence-corrected chi connectivity index (χ0v) is 10.8. The summed E-state index contributed by atoms with van der Waals surface area (Å²) in [6, 6.07) is 11.9. The Morgan fingerprint density at radius 2 is 1.86 bits per heavy atom. The quantitative estimate of drug-likeness (QED) is 0.682. The summed E-state index contributed by atoms with van der Waals surface area (Å²) in [6.07, 6.45) is 0. The maximum Gasteiger partial charge on any atom is 0.235 e. The van der Waals surface area contributed by atoms with Gasteiger partial charge in [0.1, 0.15) is 11.3 Å². The van der Waals surface area contributed by atoms with Gasteiger partial charge >= 0.3 is 0 Å². The molecule has 0 saturated heterocycles. The summed E-state index contributed by atoms with van der Waals surface area (Å²) in [5.41, 5.74) is 0.605. The highest BCUT2D eigenvalue weighted by Crippen LogP contribution is 2.20. The number of para-hydroxylation sites is 1. The number of fused-ring (bicyclic) bond motifs is 1. The summed E-state index contributed by atoms with van der Waals surface area (Å²) in [6.45, 7) is -0.315. The Morgan fingerprint density at radius 3 is 2.62 bits per heavy atom. The van der Waals surface area contributed by atoms with Crippen LogP contribution in [0.4, 0.5) is 8.78 Å². The Morgan fingerprint density at radius 1 is 1.05 bits per heavy atom. The van der Waals surface area contributed by atoms with Crippen molar-refractivity contribution < 1.29 is 22.7 Å². The molecule has 0 spiro atoms. The van der Waals surface area contributed by atoms with Crippen molar-refractivity contribution in [1.82, 2.24) is 0 Å². The molecule has 106 valence electrons. The molecule has 0 N–H and O–H groups in total. The van der Waals surface area contributed by atoms with E-state index < -0.39 is 11.6 Å². The summed E-state index contributed by atoms with van der Waals surface area (Å²) in [5.74, 6) is -2.12. The summed E-state index contributed by atoms with van der Waals surface area (Å²) >= 11 is 0. The van der Waals surface area contributed by atoms with Gasteiger partial charge < -0.3 is 9.15 Å². The van der Waals surface area contributed by atoms with Crippen LogP contribution in [0.2, 0.25) is 0 Å². The van der Waals surface area contributed by atoms with Crippen molar-refractivity contribution in [2.45, 2.75) is 0 Å². The number of furan rings is 1. The molecule has 0 unspecified atom stereocenters. The van der Waals surface area contributed by atoms with E-state index in [1.54, 1.807) is 18.2 Å². The second kappa shape index (κ2) is 5.36. The van der Waals surface area contributed by atoms with E-state index in [0.717, 1.165) is 17.5 Å². The lowest BCUT2D eigenvalue weighted by Gasteiger charge is -2.04. The summed E-state index contributed by atoms with van der Waals surface area (Å²) in [5, 5.41) is 0.814. The lowest BCUT2D eigenvalue weighted by atomic mass is 10.2. The van der Waals surface area contributed by atoms with Crippen molar-refractivity contribution in [3.8, 4) is 5.75 Å². The number of benzene rings is 2. The Bertz CT molecular complexity index is 775. The predicted octanol–water partition coefficient (Wildman–Crippen LogP) is 3.97. The van der Waals surface area contributed by atoms with Gasteiger partial charge in [-0.2, -0.15) is 0 Å². The molecular formula is C16H10F2O3. The Labute approximate surface area is 118 Å². The average Bonchev–Trinajstić information content (AvgIpc) is 2.92. The van der Waals surface area contributed by atoms with Crippen molar-refractivity contribution in [1.29, 1.82) is 0 Å². The number of hydrogen-bond acceptors (Lipinski definition) is 3. The zero-order chi connectivity index (χ0) is 14.8. The highest BCUT2D eigenvalue weighted by atomic mass is 19.2. The number of rotatable bonds is 4. The number of carbonyl (C=O) groups excluding carboxylic acids is 1. The van der Waals surface area contributed by atoms with Crippen LogP contribution in [-0.4, -0.2) is 12.4 Å². The lowest BCUT2D eigenvalue weighted by molar-refractivity contribution is 0.0895. The first-order chi connectivity index (χ1) is 10.1. The molecule has 0 aliphatic rings. The molecule has 3 nitrogen and oxygen atoms in total. The molecular weight excluding hydrogens is 278 g/mol. The Hall–Kier alpha value is -2.69. The number of hydrogen-bond donors (Lipinski definition) is 0. The molecule has 0 bridgehead atoms. The first-order valence-corrected chi connectivity index (χ1v) is 6.23. The Balaban J connectivity index is 1.72. The minimum absolute atomic E-state index is 0.0818. The predicted molar refractivity (Wildman–Crippen MR) is 72.4 cm³/mol. The van der Waals surface area contributed by atoms with Gasteiger partial charge in [0, 0.05) is 11.5 Å². The minimum Gasteiger partial charge on any atom is -0.485 e. The maximum atomic E-state index is 13.0.